The summed E-state index contributed by atoms with van der Waals surface area (Å²) in [5.41, 5.74) is 5.73. The molecule has 3 heterocycles. The molecular weight excluding hydrogens is 391 g/mol. The molecule has 1 saturated heterocycles. The van der Waals surface area contributed by atoms with Gasteiger partial charge in [0.05, 0.1) is 17.5 Å². The molecule has 2 aliphatic heterocycles. The van der Waals surface area contributed by atoms with Crippen LogP contribution in [0.1, 0.15) is 23.3 Å². The van der Waals surface area contributed by atoms with Gasteiger partial charge in [0.25, 0.3) is 5.91 Å². The van der Waals surface area contributed by atoms with Gasteiger partial charge in [-0.2, -0.15) is 0 Å². The second-order valence-corrected chi connectivity index (χ2v) is 8.14. The minimum Gasteiger partial charge on any atom is -0.378 e. The summed E-state index contributed by atoms with van der Waals surface area (Å²) in [4.78, 5) is 20.9. The van der Waals surface area contributed by atoms with E-state index < -0.39 is 11.6 Å². The van der Waals surface area contributed by atoms with Gasteiger partial charge >= 0.3 is 0 Å². The molecular formula is C18H18ClFN4O2S. The Morgan fingerprint density at radius 3 is 3.07 bits per heavy atom. The molecule has 1 aromatic heterocycles. The number of nitrogens with zero attached hydrogens (tertiary/aromatic N) is 2. The molecule has 1 aromatic rings. The van der Waals surface area contributed by atoms with Crippen LogP contribution in [0.5, 0.6) is 0 Å². The van der Waals surface area contributed by atoms with E-state index in [0.29, 0.717) is 22.5 Å². The van der Waals surface area contributed by atoms with E-state index in [4.69, 9.17) is 22.1 Å². The Bertz CT molecular complexity index is 857. The van der Waals surface area contributed by atoms with Crippen molar-refractivity contribution in [1.29, 1.82) is 0 Å². The van der Waals surface area contributed by atoms with Crippen LogP contribution in [0.2, 0.25) is 5.02 Å². The number of thioether (sulfide) groups is 1. The summed E-state index contributed by atoms with van der Waals surface area (Å²) in [6, 6.07) is 3.13. The minimum absolute atomic E-state index is 0.0898. The van der Waals surface area contributed by atoms with Crippen LogP contribution in [0.15, 0.2) is 47.0 Å². The van der Waals surface area contributed by atoms with Gasteiger partial charge in [0.15, 0.2) is 10.9 Å². The van der Waals surface area contributed by atoms with Crippen LogP contribution in [0, 0.1) is 11.8 Å². The van der Waals surface area contributed by atoms with Crippen LogP contribution in [0.25, 0.3) is 0 Å². The molecule has 1 fully saturated rings. The number of hydrogen-bond acceptors (Lipinski definition) is 6. The molecule has 0 bridgehead atoms. The summed E-state index contributed by atoms with van der Waals surface area (Å²) in [5, 5.41) is 3.65. The Morgan fingerprint density at radius 1 is 1.44 bits per heavy atom. The van der Waals surface area contributed by atoms with Gasteiger partial charge in [0, 0.05) is 30.0 Å². The number of fused-ring (bicyclic) bond motifs is 1. The molecule has 0 radical (unpaired) electrons. The van der Waals surface area contributed by atoms with Crippen LogP contribution in [-0.4, -0.2) is 34.1 Å². The Kier molecular flexibility index (Phi) is 4.96. The number of hydrogen-bond donors (Lipinski definition) is 2. The van der Waals surface area contributed by atoms with Gasteiger partial charge in [-0.1, -0.05) is 23.4 Å². The van der Waals surface area contributed by atoms with Gasteiger partial charge in [-0.05, 0) is 30.7 Å². The molecule has 0 saturated carbocycles. The van der Waals surface area contributed by atoms with Crippen molar-refractivity contribution >= 4 is 34.4 Å². The highest BCUT2D eigenvalue weighted by molar-refractivity contribution is 8.13. The van der Waals surface area contributed by atoms with E-state index in [-0.39, 0.29) is 29.8 Å². The third-order valence-electron chi connectivity index (χ3n) is 5.04. The molecule has 3 N–H and O–H groups in total. The normalized spacial score (nSPS) is 30.1. The number of nitrogens with one attached hydrogen (secondary N) is 1. The van der Waals surface area contributed by atoms with Crippen LogP contribution in [0.4, 0.5) is 4.39 Å². The number of nitrogens with two attached hydrogens (primary N) is 1. The number of pyridine rings is 1. The van der Waals surface area contributed by atoms with Crippen molar-refractivity contribution in [2.45, 2.75) is 18.6 Å². The highest BCUT2D eigenvalue weighted by atomic mass is 35.5. The Morgan fingerprint density at radius 2 is 2.30 bits per heavy atom. The monoisotopic (exact) mass is 408 g/mol. The summed E-state index contributed by atoms with van der Waals surface area (Å²) in [5.74, 6) is -0.474. The van der Waals surface area contributed by atoms with Gasteiger partial charge < -0.3 is 15.8 Å². The summed E-state index contributed by atoms with van der Waals surface area (Å²) < 4.78 is 20.7. The van der Waals surface area contributed by atoms with Crippen molar-refractivity contribution in [3.8, 4) is 0 Å². The number of aromatic nitrogens is 1. The lowest BCUT2D eigenvalue weighted by Gasteiger charge is -2.40. The molecule has 0 spiro atoms. The highest BCUT2D eigenvalue weighted by Crippen LogP contribution is 2.49. The van der Waals surface area contributed by atoms with Crippen LogP contribution in [0.3, 0.4) is 0 Å². The number of halogens is 2. The van der Waals surface area contributed by atoms with Crippen molar-refractivity contribution in [1.82, 2.24) is 10.3 Å². The molecule has 0 aromatic carbocycles. The number of carbonyl (C=O) groups excluding carboxylic acids is 1. The number of carbonyl (C=O) groups is 1. The zero-order chi connectivity index (χ0) is 19.0. The predicted octanol–water partition coefficient (Wildman–Crippen LogP) is 3.02. The fraction of sp³-hybridized carbons (Fsp3) is 0.389. The van der Waals surface area contributed by atoms with Gasteiger partial charge in [-0.25, -0.2) is 14.4 Å². The molecule has 1 aliphatic carbocycles. The number of aliphatic imine (C=N–C) groups is 1. The highest BCUT2D eigenvalue weighted by Gasteiger charge is 2.54. The van der Waals surface area contributed by atoms with E-state index in [9.17, 15) is 9.18 Å². The minimum atomic E-state index is -1.00. The Balaban J connectivity index is 1.55. The standard InChI is InChI=1S/C18H18ClFN4O2S/c19-11-1-4-15(22-8-11)16(25)23-12-2-3-14(20)13(7-12)18-10(5-6-26-18)9-27-17(21)24-18/h1-4,8,10,13H,5-7,9H2,(H2,21,24)(H,23,25)/t10-,13?,18+/m0/s1. The van der Waals surface area contributed by atoms with Crippen LogP contribution >= 0.6 is 23.4 Å². The average molecular weight is 409 g/mol. The maximum Gasteiger partial charge on any atom is 0.273 e. The first-order valence-corrected chi connectivity index (χ1v) is 9.95. The molecule has 27 heavy (non-hydrogen) atoms. The van der Waals surface area contributed by atoms with Gasteiger partial charge in [0.2, 0.25) is 0 Å². The van der Waals surface area contributed by atoms with E-state index in [1.165, 1.54) is 30.1 Å². The van der Waals surface area contributed by atoms with Gasteiger partial charge in [0.1, 0.15) is 11.5 Å². The van der Waals surface area contributed by atoms with Crippen molar-refractivity contribution in [3.05, 3.63) is 52.7 Å². The summed E-state index contributed by atoms with van der Waals surface area (Å²) in [7, 11) is 0. The first-order chi connectivity index (χ1) is 13.0. The third kappa shape index (κ3) is 3.49. The zero-order valence-electron chi connectivity index (χ0n) is 14.3. The molecule has 3 atom stereocenters. The molecule has 9 heteroatoms. The maximum absolute atomic E-state index is 14.8. The SMILES string of the molecule is NC1=N[C@@]2(C3CC(NC(=O)c4ccc(Cl)cn4)=CC=C3F)OCC[C@H]2CS1. The zero-order valence-corrected chi connectivity index (χ0v) is 15.9. The molecule has 3 aliphatic rings. The van der Waals surface area contributed by atoms with E-state index in [1.807, 2.05) is 0 Å². The maximum atomic E-state index is 14.8. The number of allylic oxidation sites excluding steroid dienone is 3. The van der Waals surface area contributed by atoms with E-state index >= 15 is 0 Å². The molecule has 4 rings (SSSR count). The third-order valence-corrected chi connectivity index (χ3v) is 6.22. The van der Waals surface area contributed by atoms with Crippen molar-refractivity contribution in [3.63, 3.8) is 0 Å². The fourth-order valence-corrected chi connectivity index (χ4v) is 4.80. The Hall–Kier alpha value is -1.90. The largest absolute Gasteiger partial charge is 0.378 e. The Labute approximate surface area is 165 Å². The van der Waals surface area contributed by atoms with E-state index in [1.54, 1.807) is 12.1 Å². The number of amides is 1. The lowest BCUT2D eigenvalue weighted by atomic mass is 9.80. The molecule has 1 amide bonds. The lowest BCUT2D eigenvalue weighted by molar-refractivity contribution is -0.0532. The topological polar surface area (TPSA) is 89.6 Å². The number of amidine groups is 1. The van der Waals surface area contributed by atoms with Crippen molar-refractivity contribution in [2.24, 2.45) is 22.6 Å². The first kappa shape index (κ1) is 18.5. The second-order valence-electron chi connectivity index (χ2n) is 6.66. The van der Waals surface area contributed by atoms with Crippen LogP contribution < -0.4 is 11.1 Å². The van der Waals surface area contributed by atoms with Gasteiger partial charge in [-0.3, -0.25) is 4.79 Å². The van der Waals surface area contributed by atoms with Crippen molar-refractivity contribution < 1.29 is 13.9 Å². The first-order valence-electron chi connectivity index (χ1n) is 8.59. The molecule has 6 nitrogen and oxygen atoms in total. The molecule has 1 unspecified atom stereocenters. The van der Waals surface area contributed by atoms with Crippen LogP contribution in [-0.2, 0) is 4.74 Å². The predicted molar refractivity (Wildman–Crippen MR) is 103 cm³/mol. The number of rotatable bonds is 3. The fourth-order valence-electron chi connectivity index (χ4n) is 3.71. The van der Waals surface area contributed by atoms with E-state index in [0.717, 1.165) is 12.2 Å². The van der Waals surface area contributed by atoms with E-state index in [2.05, 4.69) is 15.3 Å². The average Bonchev–Trinajstić information content (AvgIpc) is 3.07. The summed E-state index contributed by atoms with van der Waals surface area (Å²) >= 11 is 7.27. The summed E-state index contributed by atoms with van der Waals surface area (Å²) in [6.45, 7) is 0.520. The summed E-state index contributed by atoms with van der Waals surface area (Å²) in [6.07, 6.45) is 5.40. The lowest BCUT2D eigenvalue weighted by Crippen LogP contribution is -2.48. The second kappa shape index (κ2) is 7.26. The quantitative estimate of drug-likeness (QED) is 0.802. The molecule has 142 valence electrons. The van der Waals surface area contributed by atoms with Gasteiger partial charge in [-0.15, -0.1) is 0 Å². The van der Waals surface area contributed by atoms with Crippen molar-refractivity contribution in [2.75, 3.05) is 12.4 Å². The number of ether oxygens (including phenoxy) is 1. The smallest absolute Gasteiger partial charge is 0.273 e.